The van der Waals surface area contributed by atoms with E-state index in [0.29, 0.717) is 30.9 Å². The van der Waals surface area contributed by atoms with E-state index >= 15 is 0 Å². The van der Waals surface area contributed by atoms with Crippen LogP contribution >= 0.6 is 0 Å². The first-order valence-electron chi connectivity index (χ1n) is 7.05. The van der Waals surface area contributed by atoms with Gasteiger partial charge in [-0.25, -0.2) is 0 Å². The molecular formula is C17H20N2O2. The molecule has 0 fully saturated rings. The summed E-state index contributed by atoms with van der Waals surface area (Å²) in [4.78, 5) is 12.0. The molecule has 0 bridgehead atoms. The average molecular weight is 284 g/mol. The molecule has 0 aliphatic rings. The lowest BCUT2D eigenvalue weighted by molar-refractivity contribution is -0.116. The number of benzene rings is 2. The molecule has 0 unspecified atom stereocenters. The van der Waals surface area contributed by atoms with Gasteiger partial charge in [-0.3, -0.25) is 4.79 Å². The molecule has 0 aromatic heterocycles. The van der Waals surface area contributed by atoms with E-state index in [-0.39, 0.29) is 5.91 Å². The molecule has 4 nitrogen and oxygen atoms in total. The Kier molecular flexibility index (Phi) is 5.21. The van der Waals surface area contributed by atoms with Gasteiger partial charge >= 0.3 is 0 Å². The minimum Gasteiger partial charge on any atom is -0.492 e. The zero-order valence-electron chi connectivity index (χ0n) is 12.1. The number of amides is 1. The summed E-state index contributed by atoms with van der Waals surface area (Å²) in [6, 6.07) is 15.0. The highest BCUT2D eigenvalue weighted by molar-refractivity contribution is 5.92. The molecule has 0 aliphatic heterocycles. The van der Waals surface area contributed by atoms with Crippen molar-refractivity contribution in [3.63, 3.8) is 0 Å². The number of carbonyl (C=O) groups excluding carboxylic acids is 1. The van der Waals surface area contributed by atoms with Crippen LogP contribution in [-0.4, -0.2) is 12.5 Å². The van der Waals surface area contributed by atoms with Crippen LogP contribution in [0.15, 0.2) is 48.5 Å². The van der Waals surface area contributed by atoms with E-state index in [9.17, 15) is 4.79 Å². The molecule has 0 atom stereocenters. The van der Waals surface area contributed by atoms with Crippen LogP contribution in [-0.2, 0) is 11.2 Å². The predicted octanol–water partition coefficient (Wildman–Crippen LogP) is 3.24. The van der Waals surface area contributed by atoms with Crippen molar-refractivity contribution in [1.82, 2.24) is 0 Å². The Bertz CT molecular complexity index is 594. The number of nitrogens with one attached hydrogen (secondary N) is 1. The van der Waals surface area contributed by atoms with Crippen molar-refractivity contribution in [2.24, 2.45) is 0 Å². The minimum absolute atomic E-state index is 0.0287. The predicted molar refractivity (Wildman–Crippen MR) is 85.4 cm³/mol. The van der Waals surface area contributed by atoms with Gasteiger partial charge in [0.15, 0.2) is 0 Å². The van der Waals surface area contributed by atoms with E-state index in [1.54, 1.807) is 0 Å². The molecule has 0 spiro atoms. The summed E-state index contributed by atoms with van der Waals surface area (Å²) in [6.45, 7) is 2.48. The highest BCUT2D eigenvalue weighted by atomic mass is 16.5. The topological polar surface area (TPSA) is 64.3 Å². The van der Waals surface area contributed by atoms with Crippen LogP contribution < -0.4 is 15.8 Å². The Morgan fingerprint density at radius 1 is 1.14 bits per heavy atom. The second-order valence-corrected chi connectivity index (χ2v) is 4.72. The molecule has 2 rings (SSSR count). The standard InChI is InChI=1S/C17H20N2O2/c1-2-21-16-6-4-3-5-15(16)19-17(20)12-9-13-7-10-14(18)11-8-13/h3-8,10-11H,2,9,12,18H2,1H3,(H,19,20). The normalized spacial score (nSPS) is 10.1. The summed E-state index contributed by atoms with van der Waals surface area (Å²) in [5.74, 6) is 0.666. The smallest absolute Gasteiger partial charge is 0.224 e. The van der Waals surface area contributed by atoms with Crippen molar-refractivity contribution < 1.29 is 9.53 Å². The van der Waals surface area contributed by atoms with E-state index < -0.39 is 0 Å². The van der Waals surface area contributed by atoms with Crippen molar-refractivity contribution in [2.75, 3.05) is 17.7 Å². The zero-order valence-corrected chi connectivity index (χ0v) is 12.1. The van der Waals surface area contributed by atoms with Crippen molar-refractivity contribution in [3.8, 4) is 5.75 Å². The van der Waals surface area contributed by atoms with Gasteiger partial charge in [-0.15, -0.1) is 0 Å². The third-order valence-electron chi connectivity index (χ3n) is 3.08. The van der Waals surface area contributed by atoms with Gasteiger partial charge < -0.3 is 15.8 Å². The van der Waals surface area contributed by atoms with Crippen LogP contribution in [0.5, 0.6) is 5.75 Å². The van der Waals surface area contributed by atoms with Gasteiger partial charge in [0.25, 0.3) is 0 Å². The lowest BCUT2D eigenvalue weighted by atomic mass is 10.1. The molecule has 2 aromatic carbocycles. The molecular weight excluding hydrogens is 264 g/mol. The fourth-order valence-electron chi connectivity index (χ4n) is 2.01. The molecule has 2 aromatic rings. The molecule has 1 amide bonds. The quantitative estimate of drug-likeness (QED) is 0.800. The molecule has 0 heterocycles. The first-order valence-corrected chi connectivity index (χ1v) is 7.05. The van der Waals surface area contributed by atoms with Crippen LogP contribution in [0, 0.1) is 0 Å². The fourth-order valence-corrected chi connectivity index (χ4v) is 2.01. The molecule has 110 valence electrons. The van der Waals surface area contributed by atoms with Gasteiger partial charge in [0.05, 0.1) is 12.3 Å². The van der Waals surface area contributed by atoms with Gasteiger partial charge in [0.2, 0.25) is 5.91 Å². The number of ether oxygens (including phenoxy) is 1. The molecule has 3 N–H and O–H groups in total. The van der Waals surface area contributed by atoms with Crippen LogP contribution in [0.2, 0.25) is 0 Å². The van der Waals surface area contributed by atoms with E-state index in [1.807, 2.05) is 55.5 Å². The summed E-state index contributed by atoms with van der Waals surface area (Å²) in [5, 5.41) is 2.89. The van der Waals surface area contributed by atoms with E-state index in [2.05, 4.69) is 5.32 Å². The second-order valence-electron chi connectivity index (χ2n) is 4.72. The highest BCUT2D eigenvalue weighted by Crippen LogP contribution is 2.23. The number of carbonyl (C=O) groups is 1. The number of hydrogen-bond acceptors (Lipinski definition) is 3. The Morgan fingerprint density at radius 3 is 2.57 bits per heavy atom. The first kappa shape index (κ1) is 14.9. The van der Waals surface area contributed by atoms with Crippen LogP contribution in [0.25, 0.3) is 0 Å². The Balaban J connectivity index is 1.91. The fraction of sp³-hybridized carbons (Fsp3) is 0.235. The summed E-state index contributed by atoms with van der Waals surface area (Å²) in [5.41, 5.74) is 8.17. The molecule has 4 heteroatoms. The third-order valence-corrected chi connectivity index (χ3v) is 3.08. The minimum atomic E-state index is -0.0287. The van der Waals surface area contributed by atoms with Crippen molar-refractivity contribution >= 4 is 17.3 Å². The monoisotopic (exact) mass is 284 g/mol. The Labute approximate surface area is 124 Å². The molecule has 0 radical (unpaired) electrons. The summed E-state index contributed by atoms with van der Waals surface area (Å²) >= 11 is 0. The Morgan fingerprint density at radius 2 is 1.86 bits per heavy atom. The molecule has 0 aliphatic carbocycles. The summed E-state index contributed by atoms with van der Waals surface area (Å²) in [6.07, 6.45) is 1.10. The van der Waals surface area contributed by atoms with Crippen LogP contribution in [0.4, 0.5) is 11.4 Å². The molecule has 21 heavy (non-hydrogen) atoms. The maximum Gasteiger partial charge on any atom is 0.224 e. The molecule has 0 saturated carbocycles. The van der Waals surface area contributed by atoms with Crippen molar-refractivity contribution in [3.05, 3.63) is 54.1 Å². The van der Waals surface area contributed by atoms with E-state index in [0.717, 1.165) is 11.3 Å². The summed E-state index contributed by atoms with van der Waals surface area (Å²) in [7, 11) is 0. The van der Waals surface area contributed by atoms with Gasteiger partial charge in [-0.1, -0.05) is 24.3 Å². The maximum atomic E-state index is 12.0. The van der Waals surface area contributed by atoms with Crippen molar-refractivity contribution in [1.29, 1.82) is 0 Å². The number of para-hydroxylation sites is 2. The number of aryl methyl sites for hydroxylation is 1. The van der Waals surface area contributed by atoms with Gasteiger partial charge in [-0.2, -0.15) is 0 Å². The number of rotatable bonds is 6. The van der Waals surface area contributed by atoms with Crippen molar-refractivity contribution in [2.45, 2.75) is 19.8 Å². The largest absolute Gasteiger partial charge is 0.492 e. The zero-order chi connectivity index (χ0) is 15.1. The maximum absolute atomic E-state index is 12.0. The van der Waals surface area contributed by atoms with E-state index in [4.69, 9.17) is 10.5 Å². The number of nitrogens with two attached hydrogens (primary N) is 1. The van der Waals surface area contributed by atoms with Crippen LogP contribution in [0.3, 0.4) is 0 Å². The van der Waals surface area contributed by atoms with Crippen LogP contribution in [0.1, 0.15) is 18.9 Å². The summed E-state index contributed by atoms with van der Waals surface area (Å²) < 4.78 is 5.49. The Hall–Kier alpha value is -2.49. The van der Waals surface area contributed by atoms with E-state index in [1.165, 1.54) is 0 Å². The van der Waals surface area contributed by atoms with Gasteiger partial charge in [-0.05, 0) is 43.2 Å². The first-order chi connectivity index (χ1) is 10.2. The third kappa shape index (κ3) is 4.53. The lowest BCUT2D eigenvalue weighted by Gasteiger charge is -2.11. The number of hydrogen-bond donors (Lipinski definition) is 2. The second kappa shape index (κ2) is 7.33. The lowest BCUT2D eigenvalue weighted by Crippen LogP contribution is -2.13. The number of anilines is 2. The van der Waals surface area contributed by atoms with Gasteiger partial charge in [0.1, 0.15) is 5.75 Å². The SMILES string of the molecule is CCOc1ccccc1NC(=O)CCc1ccc(N)cc1. The highest BCUT2D eigenvalue weighted by Gasteiger charge is 2.07. The average Bonchev–Trinajstić information content (AvgIpc) is 2.49. The molecule has 0 saturated heterocycles. The number of nitrogen functional groups attached to an aromatic ring is 1. The van der Waals surface area contributed by atoms with Gasteiger partial charge in [0, 0.05) is 12.1 Å².